The summed E-state index contributed by atoms with van der Waals surface area (Å²) in [6.45, 7) is 4.86. The van der Waals surface area contributed by atoms with E-state index in [2.05, 4.69) is 32.8 Å². The van der Waals surface area contributed by atoms with Crippen molar-refractivity contribution in [1.82, 2.24) is 31.7 Å². The fraction of sp³-hybridized carbons (Fsp3) is 0.784. The molecule has 0 aliphatic carbocycles. The van der Waals surface area contributed by atoms with Gasteiger partial charge in [-0.25, -0.2) is 10.7 Å². The van der Waals surface area contributed by atoms with E-state index in [0.29, 0.717) is 64.2 Å². The van der Waals surface area contributed by atoms with Crippen molar-refractivity contribution in [2.75, 3.05) is 72.5 Å². The van der Waals surface area contributed by atoms with E-state index >= 15 is 0 Å². The standard InChI is InChI=1S/C37H66N7O9/c1-2-3-4-5-6-7-8-9-10-14-34(46)42-16-18-50-20-23-53-28-36(48)43-17-19-51-21-22-52-27-35(47)41-15-12-11-13-30(37(39)49)24-33(45)32(38)25-31-26-40-29-44-31/h26,29-30,32,38H,2-25,27-28H2,1H3,(H2,39,49)(H,40,44)(H,41,47)(H,42,46)(H,43,48)/t30-,32+/m1/s1. The van der Waals surface area contributed by atoms with E-state index in [4.69, 9.17) is 30.4 Å². The summed E-state index contributed by atoms with van der Waals surface area (Å²) in [6.07, 6.45) is 16.3. The predicted octanol–water partition coefficient (Wildman–Crippen LogP) is 2.17. The van der Waals surface area contributed by atoms with Gasteiger partial charge in [0.25, 0.3) is 0 Å². The summed E-state index contributed by atoms with van der Waals surface area (Å²) in [5, 5.41) is 8.28. The largest absolute Gasteiger partial charge is 0.377 e. The number of carbonyl (C=O) groups is 5. The van der Waals surface area contributed by atoms with Crippen LogP contribution in [-0.4, -0.2) is 118 Å². The Morgan fingerprint density at radius 1 is 0.717 bits per heavy atom. The van der Waals surface area contributed by atoms with Crippen LogP contribution in [0.1, 0.15) is 103 Å². The van der Waals surface area contributed by atoms with Gasteiger partial charge in [-0.1, -0.05) is 64.7 Å². The fourth-order valence-corrected chi connectivity index (χ4v) is 5.29. The molecule has 0 aliphatic heterocycles. The monoisotopic (exact) mass is 752 g/mol. The normalized spacial score (nSPS) is 12.3. The Morgan fingerprint density at radius 2 is 1.26 bits per heavy atom. The molecule has 1 heterocycles. The molecule has 303 valence electrons. The first-order valence-electron chi connectivity index (χ1n) is 19.3. The molecule has 2 atom stereocenters. The second-order valence-electron chi connectivity index (χ2n) is 13.1. The number of hydrogen-bond acceptors (Lipinski definition) is 10. The average molecular weight is 753 g/mol. The summed E-state index contributed by atoms with van der Waals surface area (Å²) >= 11 is 0. The van der Waals surface area contributed by atoms with Gasteiger partial charge in [0.1, 0.15) is 13.2 Å². The number of nitrogens with one attached hydrogen (secondary N) is 5. The van der Waals surface area contributed by atoms with Crippen molar-refractivity contribution in [2.45, 2.75) is 109 Å². The summed E-state index contributed by atoms with van der Waals surface area (Å²) in [5.74, 6) is -2.08. The molecule has 0 aromatic carbocycles. The lowest BCUT2D eigenvalue weighted by molar-refractivity contribution is -0.128. The molecule has 7 N–H and O–H groups in total. The first kappa shape index (κ1) is 47.6. The van der Waals surface area contributed by atoms with E-state index in [1.54, 1.807) is 6.20 Å². The highest BCUT2D eigenvalue weighted by Gasteiger charge is 2.24. The van der Waals surface area contributed by atoms with Gasteiger partial charge in [0.05, 0.1) is 52.0 Å². The highest BCUT2D eigenvalue weighted by molar-refractivity contribution is 5.89. The molecule has 0 bridgehead atoms. The minimum Gasteiger partial charge on any atom is -0.377 e. The van der Waals surface area contributed by atoms with Crippen LogP contribution in [0.5, 0.6) is 0 Å². The maximum absolute atomic E-state index is 12.4. The third-order valence-electron chi connectivity index (χ3n) is 8.37. The summed E-state index contributed by atoms with van der Waals surface area (Å²) in [4.78, 5) is 66.7. The van der Waals surface area contributed by atoms with Crippen molar-refractivity contribution < 1.29 is 42.9 Å². The number of rotatable bonds is 37. The second-order valence-corrected chi connectivity index (χ2v) is 13.1. The lowest BCUT2D eigenvalue weighted by atomic mass is 9.92. The molecule has 0 fully saturated rings. The smallest absolute Gasteiger partial charge is 0.246 e. The zero-order valence-corrected chi connectivity index (χ0v) is 31.9. The topological polar surface area (TPSA) is 237 Å². The van der Waals surface area contributed by atoms with Crippen molar-refractivity contribution in [3.63, 3.8) is 0 Å². The summed E-state index contributed by atoms with van der Waals surface area (Å²) < 4.78 is 21.4. The Hall–Kier alpha value is -3.44. The van der Waals surface area contributed by atoms with Crippen molar-refractivity contribution in [3.05, 3.63) is 18.2 Å². The molecule has 53 heavy (non-hydrogen) atoms. The van der Waals surface area contributed by atoms with Gasteiger partial charge in [-0.3, -0.25) is 24.0 Å². The minimum absolute atomic E-state index is 0.0533. The van der Waals surface area contributed by atoms with E-state index in [1.165, 1.54) is 51.3 Å². The molecule has 0 aliphatic rings. The van der Waals surface area contributed by atoms with E-state index in [0.717, 1.165) is 12.8 Å². The number of carbonyl (C=O) groups excluding carboxylic acids is 5. The molecule has 0 spiro atoms. The first-order chi connectivity index (χ1) is 25.7. The number of Topliss-reactive ketones (excluding diaryl/α,β-unsaturated/α-hetero) is 1. The molecule has 0 saturated carbocycles. The minimum atomic E-state index is -0.997. The van der Waals surface area contributed by atoms with Crippen LogP contribution >= 0.6 is 0 Å². The Kier molecular flexibility index (Phi) is 29.8. The molecule has 1 aromatic rings. The second kappa shape index (κ2) is 33.2. The Bertz CT molecular complexity index is 1110. The van der Waals surface area contributed by atoms with Gasteiger partial charge < -0.3 is 45.6 Å². The van der Waals surface area contributed by atoms with Crippen molar-refractivity contribution in [3.8, 4) is 0 Å². The highest BCUT2D eigenvalue weighted by Crippen LogP contribution is 2.15. The molecule has 16 heteroatoms. The predicted molar refractivity (Wildman–Crippen MR) is 199 cm³/mol. The molecule has 1 rings (SSSR count). The maximum atomic E-state index is 12.4. The third kappa shape index (κ3) is 28.7. The maximum Gasteiger partial charge on any atom is 0.246 e. The molecule has 1 aromatic heterocycles. The zero-order chi connectivity index (χ0) is 38.8. The van der Waals surface area contributed by atoms with Crippen LogP contribution in [0.3, 0.4) is 0 Å². The van der Waals surface area contributed by atoms with Gasteiger partial charge in [0.2, 0.25) is 23.6 Å². The number of aromatic nitrogens is 2. The van der Waals surface area contributed by atoms with Crippen LogP contribution < -0.4 is 27.4 Å². The van der Waals surface area contributed by atoms with E-state index in [9.17, 15) is 24.0 Å². The van der Waals surface area contributed by atoms with Crippen LogP contribution in [0, 0.1) is 5.92 Å². The molecule has 16 nitrogen and oxygen atoms in total. The Labute approximate surface area is 315 Å². The number of ketones is 1. The van der Waals surface area contributed by atoms with Gasteiger partial charge in [-0.2, -0.15) is 0 Å². The van der Waals surface area contributed by atoms with Crippen molar-refractivity contribution >= 4 is 29.4 Å². The lowest BCUT2D eigenvalue weighted by Crippen LogP contribution is -2.32. The summed E-state index contributed by atoms with van der Waals surface area (Å²) in [5.41, 5.74) is 14.2. The molecule has 0 unspecified atom stereocenters. The van der Waals surface area contributed by atoms with Gasteiger partial charge in [-0.05, 0) is 19.3 Å². The first-order valence-corrected chi connectivity index (χ1v) is 19.3. The number of amides is 4. The molecule has 0 saturated heterocycles. The number of unbranched alkanes of at least 4 members (excludes halogenated alkanes) is 9. The third-order valence-corrected chi connectivity index (χ3v) is 8.37. The van der Waals surface area contributed by atoms with E-state index in [1.807, 2.05) is 0 Å². The number of aromatic amines is 1. The Balaban J connectivity index is 1.88. The van der Waals surface area contributed by atoms with Gasteiger partial charge in [0.15, 0.2) is 5.78 Å². The number of hydrogen-bond donors (Lipinski definition) is 5. The van der Waals surface area contributed by atoms with Crippen LogP contribution in [0.15, 0.2) is 12.5 Å². The SMILES string of the molecule is CCCCCCCCCCCC(=O)NCCOCCOCC(=O)NCCOCCOCC(=O)NCCCC[C@H](CC(=O)[C@@H]([NH])Cc1cnc[nH]1)C(N)=O. The molecule has 1 radical (unpaired) electrons. The number of imidazole rings is 1. The number of H-pyrrole nitrogens is 1. The van der Waals surface area contributed by atoms with Gasteiger partial charge >= 0.3 is 0 Å². The molecular weight excluding hydrogens is 686 g/mol. The average Bonchev–Trinajstić information content (AvgIpc) is 3.65. The van der Waals surface area contributed by atoms with E-state index in [-0.39, 0.29) is 76.0 Å². The zero-order valence-electron chi connectivity index (χ0n) is 31.9. The van der Waals surface area contributed by atoms with Gasteiger partial charge in [-0.15, -0.1) is 0 Å². The molecular formula is C37H66N7O9. The lowest BCUT2D eigenvalue weighted by Gasteiger charge is -2.15. The van der Waals surface area contributed by atoms with Crippen LogP contribution in [0.2, 0.25) is 0 Å². The fourth-order valence-electron chi connectivity index (χ4n) is 5.29. The number of nitrogens with two attached hydrogens (primary N) is 1. The number of primary amides is 1. The summed E-state index contributed by atoms with van der Waals surface area (Å²) in [7, 11) is 0. The van der Waals surface area contributed by atoms with Crippen molar-refractivity contribution in [1.29, 1.82) is 0 Å². The Morgan fingerprint density at radius 3 is 1.83 bits per heavy atom. The van der Waals surface area contributed by atoms with Gasteiger partial charge in [0, 0.05) is 56.7 Å². The van der Waals surface area contributed by atoms with Crippen LogP contribution in [0.25, 0.3) is 0 Å². The summed E-state index contributed by atoms with van der Waals surface area (Å²) in [6, 6.07) is -0.997. The molecule has 4 amide bonds. The van der Waals surface area contributed by atoms with E-state index < -0.39 is 17.9 Å². The van der Waals surface area contributed by atoms with Crippen molar-refractivity contribution in [2.24, 2.45) is 11.7 Å². The highest BCUT2D eigenvalue weighted by atomic mass is 16.5. The van der Waals surface area contributed by atoms with Crippen LogP contribution in [0.4, 0.5) is 0 Å². The number of ether oxygens (including phenoxy) is 4. The number of nitrogens with zero attached hydrogens (tertiary/aromatic N) is 1. The van der Waals surface area contributed by atoms with Crippen LogP contribution in [-0.2, 0) is 49.3 Å². The quantitative estimate of drug-likeness (QED) is 0.0621.